The van der Waals surface area contributed by atoms with Gasteiger partial charge >= 0.3 is 13.8 Å². The van der Waals surface area contributed by atoms with Crippen molar-refractivity contribution < 1.29 is 37.3 Å². The van der Waals surface area contributed by atoms with E-state index < -0.39 is 20.0 Å². The third-order valence-corrected chi connectivity index (χ3v) is 14.8. The average molecular weight is 1100 g/mol. The van der Waals surface area contributed by atoms with Crippen LogP contribution in [0.15, 0.2) is 85.1 Å². The second-order valence-corrected chi connectivity index (χ2v) is 24.1. The molecule has 2 N–H and O–H groups in total. The Morgan fingerprint density at radius 2 is 0.831 bits per heavy atom. The number of esters is 1. The second kappa shape index (κ2) is 56.5. The highest BCUT2D eigenvalue weighted by Crippen LogP contribution is 2.43. The van der Waals surface area contributed by atoms with E-state index in [1.54, 1.807) is 0 Å². The first-order chi connectivity index (χ1) is 37.4. The molecule has 0 aliphatic heterocycles. The van der Waals surface area contributed by atoms with Crippen LogP contribution >= 0.6 is 7.82 Å². The van der Waals surface area contributed by atoms with Crippen LogP contribution in [0.25, 0.3) is 0 Å². The number of nitrogens with zero attached hydrogens (tertiary/aromatic N) is 1. The highest BCUT2D eigenvalue weighted by atomic mass is 31.2. The van der Waals surface area contributed by atoms with Gasteiger partial charge in [-0.2, -0.15) is 0 Å². The molecule has 0 saturated carbocycles. The number of nitrogens with one attached hydrogen (secondary N) is 1. The molecule has 0 fully saturated rings. The lowest BCUT2D eigenvalue weighted by Gasteiger charge is -2.27. The van der Waals surface area contributed by atoms with Crippen LogP contribution in [-0.4, -0.2) is 74.3 Å². The molecule has 0 heterocycles. The summed E-state index contributed by atoms with van der Waals surface area (Å²) in [6.07, 6.45) is 74.4. The number of ether oxygens (including phenoxy) is 1. The molecule has 3 unspecified atom stereocenters. The maximum Gasteiger partial charge on any atom is 0.472 e. The number of rotatable bonds is 57. The van der Waals surface area contributed by atoms with Crippen LogP contribution in [-0.2, 0) is 27.9 Å². The molecular formula is C67H122N2O7P+. The molecule has 0 aliphatic carbocycles. The van der Waals surface area contributed by atoms with E-state index >= 15 is 0 Å². The smallest absolute Gasteiger partial charge is 0.456 e. The van der Waals surface area contributed by atoms with E-state index in [0.717, 1.165) is 96.3 Å². The zero-order valence-corrected chi connectivity index (χ0v) is 51.8. The summed E-state index contributed by atoms with van der Waals surface area (Å²) >= 11 is 0. The summed E-state index contributed by atoms with van der Waals surface area (Å²) < 4.78 is 30.7. The van der Waals surface area contributed by atoms with Crippen LogP contribution in [0.5, 0.6) is 0 Å². The largest absolute Gasteiger partial charge is 0.472 e. The lowest BCUT2D eigenvalue weighted by molar-refractivity contribution is -0.870. The van der Waals surface area contributed by atoms with Gasteiger partial charge in [-0.15, -0.1) is 0 Å². The summed E-state index contributed by atoms with van der Waals surface area (Å²) in [5.74, 6) is -0.548. The maximum absolute atomic E-state index is 13.5. The number of allylic oxidation sites excluding steroid dienone is 13. The number of phosphoric acid groups is 1. The van der Waals surface area contributed by atoms with Crippen molar-refractivity contribution in [2.75, 3.05) is 40.9 Å². The zero-order valence-electron chi connectivity index (χ0n) is 50.9. The van der Waals surface area contributed by atoms with Crippen LogP contribution < -0.4 is 5.32 Å². The molecule has 0 aromatic carbocycles. The average Bonchev–Trinajstić information content (AvgIpc) is 3.39. The van der Waals surface area contributed by atoms with Crippen molar-refractivity contribution in [2.24, 2.45) is 0 Å². The van der Waals surface area contributed by atoms with Gasteiger partial charge < -0.3 is 19.4 Å². The molecular weight excluding hydrogens is 976 g/mol. The molecule has 0 aromatic heterocycles. The molecule has 10 heteroatoms. The predicted molar refractivity (Wildman–Crippen MR) is 332 cm³/mol. The minimum absolute atomic E-state index is 0.0301. The summed E-state index contributed by atoms with van der Waals surface area (Å²) in [5, 5.41) is 3.04. The molecule has 0 aliphatic rings. The second-order valence-electron chi connectivity index (χ2n) is 22.6. The Kier molecular flexibility index (Phi) is 54.4. The van der Waals surface area contributed by atoms with Gasteiger partial charge in [-0.1, -0.05) is 247 Å². The number of quaternary nitrogens is 1. The molecule has 0 saturated heterocycles. The van der Waals surface area contributed by atoms with Gasteiger partial charge in [-0.25, -0.2) is 4.57 Å². The number of unbranched alkanes of at least 4 members (excludes halogenated alkanes) is 30. The Morgan fingerprint density at radius 3 is 1.30 bits per heavy atom. The third kappa shape index (κ3) is 57.7. The van der Waals surface area contributed by atoms with Crippen LogP contribution in [0.2, 0.25) is 0 Å². The predicted octanol–water partition coefficient (Wildman–Crippen LogP) is 19.8. The minimum atomic E-state index is -4.46. The van der Waals surface area contributed by atoms with Crippen molar-refractivity contribution in [1.82, 2.24) is 5.32 Å². The molecule has 0 aromatic rings. The summed E-state index contributed by atoms with van der Waals surface area (Å²) in [4.78, 5) is 37.7. The van der Waals surface area contributed by atoms with Gasteiger partial charge in [-0.3, -0.25) is 18.6 Å². The van der Waals surface area contributed by atoms with Crippen LogP contribution in [0.3, 0.4) is 0 Å². The van der Waals surface area contributed by atoms with Gasteiger partial charge in [0.25, 0.3) is 0 Å². The zero-order chi connectivity index (χ0) is 56.4. The third-order valence-electron chi connectivity index (χ3n) is 13.8. The van der Waals surface area contributed by atoms with Gasteiger partial charge in [0.05, 0.1) is 33.8 Å². The van der Waals surface area contributed by atoms with Gasteiger partial charge in [0, 0.05) is 12.8 Å². The van der Waals surface area contributed by atoms with Crippen molar-refractivity contribution in [1.29, 1.82) is 0 Å². The number of carbonyl (C=O) groups is 2. The number of carbonyl (C=O) groups excluding carboxylic acids is 2. The van der Waals surface area contributed by atoms with Crippen molar-refractivity contribution >= 4 is 19.7 Å². The van der Waals surface area contributed by atoms with Gasteiger partial charge in [0.1, 0.15) is 19.3 Å². The van der Waals surface area contributed by atoms with Gasteiger partial charge in [0.15, 0.2) is 0 Å². The fourth-order valence-corrected chi connectivity index (χ4v) is 9.59. The van der Waals surface area contributed by atoms with Crippen molar-refractivity contribution in [3.05, 3.63) is 85.1 Å². The van der Waals surface area contributed by atoms with E-state index in [1.165, 1.54) is 141 Å². The maximum atomic E-state index is 13.5. The molecule has 0 rings (SSSR count). The number of phosphoric ester groups is 1. The first kappa shape index (κ1) is 74.2. The summed E-state index contributed by atoms with van der Waals surface area (Å²) in [6.45, 7) is 6.95. The van der Waals surface area contributed by atoms with E-state index in [4.69, 9.17) is 13.8 Å². The molecule has 9 nitrogen and oxygen atoms in total. The number of amides is 1. The Bertz CT molecular complexity index is 1590. The fraction of sp³-hybridized carbons (Fsp3) is 0.761. The molecule has 446 valence electrons. The Labute approximate surface area is 476 Å². The number of likely N-dealkylation sites (N-methyl/N-ethyl adjacent to an activating group) is 1. The molecule has 1 amide bonds. The van der Waals surface area contributed by atoms with Crippen molar-refractivity contribution in [3.63, 3.8) is 0 Å². The van der Waals surface area contributed by atoms with Gasteiger partial charge in [-0.05, 0) is 102 Å². The Morgan fingerprint density at radius 1 is 0.468 bits per heavy atom. The van der Waals surface area contributed by atoms with Crippen LogP contribution in [0.4, 0.5) is 0 Å². The van der Waals surface area contributed by atoms with E-state index in [-0.39, 0.29) is 31.5 Å². The first-order valence-corrected chi connectivity index (χ1v) is 33.4. The van der Waals surface area contributed by atoms with E-state index in [0.29, 0.717) is 23.9 Å². The van der Waals surface area contributed by atoms with Crippen molar-refractivity contribution in [3.8, 4) is 0 Å². The molecule has 3 atom stereocenters. The highest BCUT2D eigenvalue weighted by molar-refractivity contribution is 7.47. The highest BCUT2D eigenvalue weighted by Gasteiger charge is 2.30. The number of hydrogen-bond donors (Lipinski definition) is 2. The summed E-state index contributed by atoms with van der Waals surface area (Å²) in [7, 11) is 1.47. The van der Waals surface area contributed by atoms with Crippen LogP contribution in [0.1, 0.15) is 278 Å². The molecule has 0 bridgehead atoms. The van der Waals surface area contributed by atoms with E-state index in [1.807, 2.05) is 33.3 Å². The number of hydrogen-bond acceptors (Lipinski definition) is 6. The normalized spacial score (nSPS) is 14.2. The lowest BCUT2D eigenvalue weighted by atomic mass is 10.0. The summed E-state index contributed by atoms with van der Waals surface area (Å²) in [6, 6.07) is -0.871. The molecule has 0 spiro atoms. The topological polar surface area (TPSA) is 111 Å². The van der Waals surface area contributed by atoms with Gasteiger partial charge in [0.2, 0.25) is 5.91 Å². The minimum Gasteiger partial charge on any atom is -0.456 e. The quantitative estimate of drug-likeness (QED) is 0.0156. The van der Waals surface area contributed by atoms with E-state index in [9.17, 15) is 19.0 Å². The summed E-state index contributed by atoms with van der Waals surface area (Å²) in [5.41, 5.74) is 0. The Balaban J connectivity index is 5.27. The van der Waals surface area contributed by atoms with Crippen LogP contribution in [0, 0.1) is 0 Å². The first-order valence-electron chi connectivity index (χ1n) is 31.9. The monoisotopic (exact) mass is 1100 g/mol. The Hall–Kier alpha value is -2.81. The van der Waals surface area contributed by atoms with E-state index in [2.05, 4.69) is 99.0 Å². The van der Waals surface area contributed by atoms with Crippen molar-refractivity contribution in [2.45, 2.75) is 290 Å². The molecule has 0 radical (unpaired) electrons. The standard InChI is InChI=1S/C67H121N2O7P/c1-7-10-13-16-19-22-25-28-30-32-33-34-35-36-37-38-40-42-45-48-51-54-57-60-67(71)76-65(58-55-52-49-46-43-27-24-21-18-15-12-9-3)64(63-75-77(72,73)74-62-61-69(4,5)6)68-66(70)59-56-53-50-47-44-41-39-31-29-26-23-20-17-14-11-8-2/h19,22,28,30-31,33-34,36-37,39,41,44,55,58,64-65H,7-18,20-21,23-27,29,32,35,38,40,42-43,45-54,56-57,59-63H2,1-6H3,(H-,68,70,72,73)/p+1/b22-19-,30-28-,34-33-,37-36-,39-31+,44-41+,58-55-. The lowest BCUT2D eigenvalue weighted by Crippen LogP contribution is -2.47. The SMILES string of the molecule is CCCCC/C=C\C/C=C\C/C=C\C/C=C\CCCCCCCCCC(=O)OC(/C=C\CCCCCCCCCCCC)C(COP(=O)(O)OCC[N+](C)(C)C)NC(=O)CCCCC/C=C/C=C/CCCCCCCCC. The fourth-order valence-electron chi connectivity index (χ4n) is 8.86. The molecule has 77 heavy (non-hydrogen) atoms.